The lowest BCUT2D eigenvalue weighted by atomic mass is 10.1. The molecule has 2 aromatic carbocycles. The van der Waals surface area contributed by atoms with Gasteiger partial charge < -0.3 is 11.1 Å². The van der Waals surface area contributed by atoms with Gasteiger partial charge in [0.15, 0.2) is 0 Å². The van der Waals surface area contributed by atoms with Gasteiger partial charge >= 0.3 is 0 Å². The Bertz CT molecular complexity index is 847. The number of aryl methyl sites for hydroxylation is 1. The monoisotopic (exact) mass is 375 g/mol. The van der Waals surface area contributed by atoms with Crippen LogP contribution in [-0.4, -0.2) is 34.5 Å². The van der Waals surface area contributed by atoms with Gasteiger partial charge in [0.1, 0.15) is 0 Å². The number of hydrogen-bond donors (Lipinski definition) is 2. The molecule has 0 spiro atoms. The van der Waals surface area contributed by atoms with Gasteiger partial charge in [-0.05, 0) is 55.8 Å². The van der Waals surface area contributed by atoms with E-state index in [4.69, 9.17) is 5.73 Å². The van der Waals surface area contributed by atoms with Gasteiger partial charge in [0.05, 0.1) is 10.6 Å². The molecule has 0 radical (unpaired) electrons. The molecule has 2 rings (SSSR count). The van der Waals surface area contributed by atoms with Gasteiger partial charge in [0, 0.05) is 19.2 Å². The minimum atomic E-state index is -3.65. The molecule has 26 heavy (non-hydrogen) atoms. The van der Waals surface area contributed by atoms with Crippen molar-refractivity contribution in [1.29, 1.82) is 0 Å². The Morgan fingerprint density at radius 2 is 1.69 bits per heavy atom. The van der Waals surface area contributed by atoms with Crippen LogP contribution in [0.15, 0.2) is 53.4 Å². The van der Waals surface area contributed by atoms with E-state index in [1.54, 1.807) is 48.5 Å². The molecule has 0 aromatic heterocycles. The van der Waals surface area contributed by atoms with E-state index in [1.807, 2.05) is 13.8 Å². The van der Waals surface area contributed by atoms with Crippen molar-refractivity contribution in [3.63, 3.8) is 0 Å². The van der Waals surface area contributed by atoms with Crippen LogP contribution < -0.4 is 15.4 Å². The van der Waals surface area contributed by atoms with E-state index < -0.39 is 10.0 Å². The van der Waals surface area contributed by atoms with Crippen molar-refractivity contribution >= 4 is 21.6 Å². The van der Waals surface area contributed by atoms with Gasteiger partial charge in [0.25, 0.3) is 15.9 Å². The molecule has 140 valence electrons. The molecule has 0 saturated carbocycles. The van der Waals surface area contributed by atoms with Crippen LogP contribution in [0.4, 0.5) is 5.69 Å². The number of anilines is 1. The first-order valence-electron chi connectivity index (χ1n) is 8.39. The van der Waals surface area contributed by atoms with Crippen LogP contribution in [0.2, 0.25) is 0 Å². The van der Waals surface area contributed by atoms with Crippen molar-refractivity contribution in [2.45, 2.75) is 18.7 Å². The summed E-state index contributed by atoms with van der Waals surface area (Å²) < 4.78 is 26.6. The number of nitrogens with zero attached hydrogens (tertiary/aromatic N) is 1. The molecule has 0 aliphatic heterocycles. The third-order valence-electron chi connectivity index (χ3n) is 4.19. The summed E-state index contributed by atoms with van der Waals surface area (Å²) in [6.07, 6.45) is 0. The predicted octanol–water partition coefficient (Wildman–Crippen LogP) is 2.14. The minimum Gasteiger partial charge on any atom is -0.352 e. The number of amides is 1. The van der Waals surface area contributed by atoms with E-state index >= 15 is 0 Å². The molecule has 0 aliphatic rings. The third-order valence-corrected chi connectivity index (χ3v) is 5.99. The second-order valence-corrected chi connectivity index (χ2v) is 8.35. The summed E-state index contributed by atoms with van der Waals surface area (Å²) in [6.45, 7) is 4.85. The Morgan fingerprint density at radius 1 is 1.12 bits per heavy atom. The summed E-state index contributed by atoms with van der Waals surface area (Å²) >= 11 is 0. The van der Waals surface area contributed by atoms with E-state index in [9.17, 15) is 13.2 Å². The van der Waals surface area contributed by atoms with E-state index in [0.717, 1.165) is 5.56 Å². The Kier molecular flexibility index (Phi) is 6.39. The highest BCUT2D eigenvalue weighted by Crippen LogP contribution is 2.22. The van der Waals surface area contributed by atoms with Gasteiger partial charge in [-0.25, -0.2) is 8.42 Å². The van der Waals surface area contributed by atoms with E-state index in [2.05, 4.69) is 5.32 Å². The summed E-state index contributed by atoms with van der Waals surface area (Å²) in [5.41, 5.74) is 7.48. The van der Waals surface area contributed by atoms with Gasteiger partial charge in [-0.15, -0.1) is 0 Å². The highest BCUT2D eigenvalue weighted by Gasteiger charge is 2.21. The Balaban J connectivity index is 2.14. The molecule has 0 saturated heterocycles. The second kappa shape index (κ2) is 8.33. The molecule has 2 aromatic rings. The summed E-state index contributed by atoms with van der Waals surface area (Å²) in [7, 11) is -2.15. The summed E-state index contributed by atoms with van der Waals surface area (Å²) in [4.78, 5) is 12.3. The molecule has 0 fully saturated rings. The van der Waals surface area contributed by atoms with Crippen LogP contribution in [0.5, 0.6) is 0 Å². The molecule has 0 heterocycles. The number of nitrogens with one attached hydrogen (secondary N) is 1. The van der Waals surface area contributed by atoms with Gasteiger partial charge in [0.2, 0.25) is 0 Å². The number of nitrogens with two attached hydrogens (primary N) is 1. The molecule has 1 amide bonds. The Hall–Kier alpha value is -2.38. The zero-order valence-electron chi connectivity index (χ0n) is 15.3. The standard InChI is InChI=1S/C19H25N3O3S/c1-14-4-10-18(11-5-14)26(24,25)22(3)17-8-6-16(7-9-17)19(23)21-13-15(2)12-20/h4-11,15H,12-13,20H2,1-3H3,(H,21,23). The minimum absolute atomic E-state index is 0.198. The van der Waals surface area contributed by atoms with E-state index in [0.29, 0.717) is 24.3 Å². The summed E-state index contributed by atoms with van der Waals surface area (Å²) in [6, 6.07) is 13.1. The molecule has 1 unspecified atom stereocenters. The number of sulfonamides is 1. The number of hydrogen-bond acceptors (Lipinski definition) is 4. The molecule has 7 heteroatoms. The average Bonchev–Trinajstić information content (AvgIpc) is 2.65. The van der Waals surface area contributed by atoms with Crippen molar-refractivity contribution in [2.75, 3.05) is 24.4 Å². The first kappa shape index (κ1) is 19.9. The highest BCUT2D eigenvalue weighted by atomic mass is 32.2. The predicted molar refractivity (Wildman–Crippen MR) is 104 cm³/mol. The normalized spacial score (nSPS) is 12.5. The Morgan fingerprint density at radius 3 is 2.23 bits per heavy atom. The highest BCUT2D eigenvalue weighted by molar-refractivity contribution is 7.92. The fraction of sp³-hybridized carbons (Fsp3) is 0.316. The zero-order valence-corrected chi connectivity index (χ0v) is 16.1. The van der Waals surface area contributed by atoms with Crippen molar-refractivity contribution < 1.29 is 13.2 Å². The van der Waals surface area contributed by atoms with Crippen LogP contribution in [0, 0.1) is 12.8 Å². The first-order chi connectivity index (χ1) is 12.3. The van der Waals surface area contributed by atoms with Crippen molar-refractivity contribution in [3.05, 3.63) is 59.7 Å². The lowest BCUT2D eigenvalue weighted by Crippen LogP contribution is -2.31. The second-order valence-electron chi connectivity index (χ2n) is 6.38. The lowest BCUT2D eigenvalue weighted by Gasteiger charge is -2.20. The van der Waals surface area contributed by atoms with Gasteiger partial charge in [-0.2, -0.15) is 0 Å². The number of carbonyl (C=O) groups excluding carboxylic acids is 1. The number of benzene rings is 2. The van der Waals surface area contributed by atoms with Crippen LogP contribution in [0.1, 0.15) is 22.8 Å². The summed E-state index contributed by atoms with van der Waals surface area (Å²) in [5, 5.41) is 2.81. The van der Waals surface area contributed by atoms with Crippen LogP contribution in [0.3, 0.4) is 0 Å². The van der Waals surface area contributed by atoms with Gasteiger partial charge in [-0.3, -0.25) is 9.10 Å². The van der Waals surface area contributed by atoms with Crippen molar-refractivity contribution in [3.8, 4) is 0 Å². The van der Waals surface area contributed by atoms with Gasteiger partial charge in [-0.1, -0.05) is 24.6 Å². The van der Waals surface area contributed by atoms with Crippen LogP contribution >= 0.6 is 0 Å². The largest absolute Gasteiger partial charge is 0.352 e. The SMILES string of the molecule is Cc1ccc(S(=O)(=O)N(C)c2ccc(C(=O)NCC(C)CN)cc2)cc1. The average molecular weight is 375 g/mol. The third kappa shape index (κ3) is 4.62. The fourth-order valence-electron chi connectivity index (χ4n) is 2.28. The van der Waals surface area contributed by atoms with Crippen molar-refractivity contribution in [2.24, 2.45) is 11.7 Å². The first-order valence-corrected chi connectivity index (χ1v) is 9.83. The zero-order chi connectivity index (χ0) is 19.3. The molecule has 0 bridgehead atoms. The van der Waals surface area contributed by atoms with Crippen LogP contribution in [0.25, 0.3) is 0 Å². The molecule has 3 N–H and O–H groups in total. The topological polar surface area (TPSA) is 92.5 Å². The molecule has 0 aliphatic carbocycles. The maximum atomic E-state index is 12.7. The summed E-state index contributed by atoms with van der Waals surface area (Å²) in [5.74, 6) is -0.00935. The lowest BCUT2D eigenvalue weighted by molar-refractivity contribution is 0.0948. The van der Waals surface area contributed by atoms with E-state index in [1.165, 1.54) is 11.4 Å². The molecular weight excluding hydrogens is 350 g/mol. The molecular formula is C19H25N3O3S. The maximum absolute atomic E-state index is 12.7. The number of rotatable bonds is 7. The van der Waals surface area contributed by atoms with Crippen LogP contribution in [-0.2, 0) is 10.0 Å². The smallest absolute Gasteiger partial charge is 0.264 e. The molecule has 1 atom stereocenters. The fourth-order valence-corrected chi connectivity index (χ4v) is 3.48. The maximum Gasteiger partial charge on any atom is 0.264 e. The quantitative estimate of drug-likeness (QED) is 0.775. The van der Waals surface area contributed by atoms with E-state index in [-0.39, 0.29) is 16.7 Å². The number of carbonyl (C=O) groups is 1. The molecule has 6 nitrogen and oxygen atoms in total. The Labute approximate surface area is 155 Å². The van der Waals surface area contributed by atoms with Crippen molar-refractivity contribution in [1.82, 2.24) is 5.32 Å².